The number of halogens is 1. The molecule has 22 heavy (non-hydrogen) atoms. The molecular weight excluding hydrogens is 326 g/mol. The fraction of sp³-hybridized carbons (Fsp3) is 0.571. The minimum atomic E-state index is -3.12. The van der Waals surface area contributed by atoms with Crippen molar-refractivity contribution >= 4 is 33.0 Å². The van der Waals surface area contributed by atoms with Crippen LogP contribution in [0.2, 0.25) is 0 Å². The third-order valence-corrected chi connectivity index (χ3v) is 5.32. The maximum Gasteiger partial charge on any atom is 0.211 e. The minimum absolute atomic E-state index is 0.183. The number of sulfonamides is 1. The molecule has 0 aliphatic carbocycles. The van der Waals surface area contributed by atoms with Gasteiger partial charge in [-0.1, -0.05) is 12.1 Å². The van der Waals surface area contributed by atoms with Gasteiger partial charge in [-0.05, 0) is 12.1 Å². The molecule has 1 aromatic carbocycles. The molecule has 1 unspecified atom stereocenters. The van der Waals surface area contributed by atoms with Crippen LogP contribution in [-0.4, -0.2) is 68.8 Å². The standard InChI is InChI=1S/C14H22ClN3O3S/c1-22(20,21)18-8-6-17(7-9-18)14-5-3-2-4-13(14)16-11-12(19)10-15/h2-5,12,16,19H,6-11H2,1H3. The highest BCUT2D eigenvalue weighted by Crippen LogP contribution is 2.26. The summed E-state index contributed by atoms with van der Waals surface area (Å²) in [7, 11) is -3.12. The molecule has 1 atom stereocenters. The molecule has 1 fully saturated rings. The lowest BCUT2D eigenvalue weighted by molar-refractivity contribution is 0.211. The van der Waals surface area contributed by atoms with E-state index in [4.69, 9.17) is 11.6 Å². The Morgan fingerprint density at radius 3 is 2.50 bits per heavy atom. The van der Waals surface area contributed by atoms with Crippen molar-refractivity contribution in [3.05, 3.63) is 24.3 Å². The second-order valence-electron chi connectivity index (χ2n) is 5.36. The number of rotatable bonds is 6. The number of nitrogens with one attached hydrogen (secondary N) is 1. The van der Waals surface area contributed by atoms with Crippen LogP contribution in [0, 0.1) is 0 Å². The van der Waals surface area contributed by atoms with Crippen LogP contribution < -0.4 is 10.2 Å². The molecule has 2 N–H and O–H groups in total. The fourth-order valence-corrected chi connectivity index (χ4v) is 3.38. The number of alkyl halides is 1. The molecule has 1 aliphatic rings. The van der Waals surface area contributed by atoms with Crippen molar-refractivity contribution in [1.82, 2.24) is 4.31 Å². The fourth-order valence-electron chi connectivity index (χ4n) is 2.44. The van der Waals surface area contributed by atoms with E-state index >= 15 is 0 Å². The highest BCUT2D eigenvalue weighted by atomic mass is 35.5. The van der Waals surface area contributed by atoms with Gasteiger partial charge in [0.1, 0.15) is 0 Å². The topological polar surface area (TPSA) is 72.9 Å². The first-order valence-electron chi connectivity index (χ1n) is 7.19. The van der Waals surface area contributed by atoms with Crippen molar-refractivity contribution in [2.24, 2.45) is 0 Å². The molecule has 0 bridgehead atoms. The Morgan fingerprint density at radius 1 is 1.27 bits per heavy atom. The largest absolute Gasteiger partial charge is 0.390 e. The van der Waals surface area contributed by atoms with E-state index in [1.165, 1.54) is 10.6 Å². The van der Waals surface area contributed by atoms with E-state index in [-0.39, 0.29) is 5.88 Å². The first-order chi connectivity index (χ1) is 10.4. The smallest absolute Gasteiger partial charge is 0.211 e. The summed E-state index contributed by atoms with van der Waals surface area (Å²) >= 11 is 5.60. The summed E-state index contributed by atoms with van der Waals surface area (Å²) in [5, 5.41) is 12.8. The van der Waals surface area contributed by atoms with Crippen molar-refractivity contribution in [3.63, 3.8) is 0 Å². The van der Waals surface area contributed by atoms with Crippen LogP contribution in [0.15, 0.2) is 24.3 Å². The zero-order valence-electron chi connectivity index (χ0n) is 12.6. The van der Waals surface area contributed by atoms with E-state index < -0.39 is 16.1 Å². The maximum absolute atomic E-state index is 11.6. The van der Waals surface area contributed by atoms with E-state index in [9.17, 15) is 13.5 Å². The van der Waals surface area contributed by atoms with E-state index in [0.717, 1.165) is 11.4 Å². The summed E-state index contributed by atoms with van der Waals surface area (Å²) < 4.78 is 24.6. The monoisotopic (exact) mass is 347 g/mol. The van der Waals surface area contributed by atoms with Crippen LogP contribution in [0.25, 0.3) is 0 Å². The minimum Gasteiger partial charge on any atom is -0.390 e. The SMILES string of the molecule is CS(=O)(=O)N1CCN(c2ccccc2NCC(O)CCl)CC1. The zero-order chi connectivity index (χ0) is 16.2. The van der Waals surface area contributed by atoms with Crippen molar-refractivity contribution < 1.29 is 13.5 Å². The number of anilines is 2. The Labute approximate surface area is 136 Å². The molecule has 1 saturated heterocycles. The van der Waals surface area contributed by atoms with E-state index in [0.29, 0.717) is 32.7 Å². The highest BCUT2D eigenvalue weighted by molar-refractivity contribution is 7.88. The van der Waals surface area contributed by atoms with E-state index in [1.807, 2.05) is 24.3 Å². The Kier molecular flexibility index (Phi) is 5.91. The van der Waals surface area contributed by atoms with Crippen LogP contribution in [0.1, 0.15) is 0 Å². The second-order valence-corrected chi connectivity index (χ2v) is 7.65. The molecule has 2 rings (SSSR count). The Hall–Kier alpha value is -1.02. The number of hydrogen-bond donors (Lipinski definition) is 2. The molecular formula is C14H22ClN3O3S. The van der Waals surface area contributed by atoms with Gasteiger partial charge in [0, 0.05) is 32.7 Å². The van der Waals surface area contributed by atoms with Crippen LogP contribution in [0.4, 0.5) is 11.4 Å². The highest BCUT2D eigenvalue weighted by Gasteiger charge is 2.24. The van der Waals surface area contributed by atoms with Crippen LogP contribution in [0.3, 0.4) is 0 Å². The van der Waals surface area contributed by atoms with Gasteiger partial charge in [-0.15, -0.1) is 11.6 Å². The average Bonchev–Trinajstić information content (AvgIpc) is 2.52. The Bertz CT molecular complexity index is 589. The summed E-state index contributed by atoms with van der Waals surface area (Å²) in [4.78, 5) is 2.15. The van der Waals surface area contributed by atoms with Crippen LogP contribution >= 0.6 is 11.6 Å². The molecule has 8 heteroatoms. The lowest BCUT2D eigenvalue weighted by atomic mass is 10.2. The third kappa shape index (κ3) is 4.49. The van der Waals surface area contributed by atoms with Gasteiger partial charge in [0.15, 0.2) is 0 Å². The van der Waals surface area contributed by atoms with Crippen molar-refractivity contribution in [2.45, 2.75) is 6.10 Å². The molecule has 0 aromatic heterocycles. The summed E-state index contributed by atoms with van der Waals surface area (Å²) in [6, 6.07) is 7.80. The zero-order valence-corrected chi connectivity index (χ0v) is 14.1. The quantitative estimate of drug-likeness (QED) is 0.744. The van der Waals surface area contributed by atoms with Crippen molar-refractivity contribution in [2.75, 3.05) is 55.1 Å². The number of nitrogens with zero attached hydrogens (tertiary/aromatic N) is 2. The van der Waals surface area contributed by atoms with Crippen LogP contribution in [0.5, 0.6) is 0 Å². The van der Waals surface area contributed by atoms with Gasteiger partial charge >= 0.3 is 0 Å². The van der Waals surface area contributed by atoms with Gasteiger partial charge in [0.2, 0.25) is 10.0 Å². The normalized spacial score (nSPS) is 18.2. The predicted octanol–water partition coefficient (Wildman–Crippen LogP) is 0.780. The van der Waals surface area contributed by atoms with Crippen molar-refractivity contribution in [3.8, 4) is 0 Å². The number of para-hydroxylation sites is 2. The first kappa shape index (κ1) is 17.3. The second kappa shape index (κ2) is 7.50. The van der Waals surface area contributed by atoms with E-state index in [2.05, 4.69) is 10.2 Å². The Morgan fingerprint density at radius 2 is 1.91 bits per heavy atom. The number of hydrogen-bond acceptors (Lipinski definition) is 5. The first-order valence-corrected chi connectivity index (χ1v) is 9.57. The molecule has 0 amide bonds. The third-order valence-electron chi connectivity index (χ3n) is 3.66. The number of aliphatic hydroxyl groups is 1. The molecule has 0 radical (unpaired) electrons. The summed E-state index contributed by atoms with van der Waals surface area (Å²) in [6.45, 7) is 2.63. The Balaban J connectivity index is 2.04. The van der Waals surface area contributed by atoms with Crippen molar-refractivity contribution in [1.29, 1.82) is 0 Å². The maximum atomic E-state index is 11.6. The molecule has 1 aliphatic heterocycles. The molecule has 6 nitrogen and oxygen atoms in total. The molecule has 1 aromatic rings. The molecule has 0 spiro atoms. The summed E-state index contributed by atoms with van der Waals surface area (Å²) in [5.41, 5.74) is 1.93. The number of aliphatic hydroxyl groups excluding tert-OH is 1. The summed E-state index contributed by atoms with van der Waals surface area (Å²) in [5.74, 6) is 0.183. The summed E-state index contributed by atoms with van der Waals surface area (Å²) in [6.07, 6.45) is 0.642. The van der Waals surface area contributed by atoms with Gasteiger partial charge < -0.3 is 15.3 Å². The molecule has 0 saturated carbocycles. The van der Waals surface area contributed by atoms with Gasteiger partial charge in [-0.3, -0.25) is 0 Å². The van der Waals surface area contributed by atoms with Gasteiger partial charge in [0.25, 0.3) is 0 Å². The number of benzene rings is 1. The predicted molar refractivity (Wildman–Crippen MR) is 90.3 cm³/mol. The molecule has 1 heterocycles. The van der Waals surface area contributed by atoms with Gasteiger partial charge in [-0.2, -0.15) is 4.31 Å². The number of piperazine rings is 1. The van der Waals surface area contributed by atoms with Gasteiger partial charge in [0.05, 0.1) is 29.6 Å². The van der Waals surface area contributed by atoms with Crippen LogP contribution in [-0.2, 0) is 10.0 Å². The van der Waals surface area contributed by atoms with Gasteiger partial charge in [-0.25, -0.2) is 8.42 Å². The van der Waals surface area contributed by atoms with E-state index in [1.54, 1.807) is 0 Å². The molecule has 124 valence electrons. The lowest BCUT2D eigenvalue weighted by Gasteiger charge is -2.35. The lowest BCUT2D eigenvalue weighted by Crippen LogP contribution is -2.48. The average molecular weight is 348 g/mol.